The second-order valence-corrected chi connectivity index (χ2v) is 7.02. The molecule has 9 N–H and O–H groups in total. The highest BCUT2D eigenvalue weighted by atomic mass is 16.4. The van der Waals surface area contributed by atoms with Crippen LogP contribution in [-0.4, -0.2) is 81.0 Å². The van der Waals surface area contributed by atoms with Crippen molar-refractivity contribution in [1.82, 2.24) is 16.0 Å². The van der Waals surface area contributed by atoms with E-state index in [4.69, 9.17) is 10.8 Å². The van der Waals surface area contributed by atoms with Crippen molar-refractivity contribution in [3.63, 3.8) is 0 Å². The van der Waals surface area contributed by atoms with Gasteiger partial charge in [-0.05, 0) is 38.0 Å². The van der Waals surface area contributed by atoms with E-state index in [-0.39, 0.29) is 12.2 Å². The Hall–Kier alpha value is -3.22. The third-order valence-corrected chi connectivity index (χ3v) is 4.34. The molecule has 0 radical (unpaired) electrons. The maximum absolute atomic E-state index is 12.3. The Morgan fingerprint density at radius 2 is 1.55 bits per heavy atom. The number of hydrogen-bond acceptors (Lipinski definition) is 8. The van der Waals surface area contributed by atoms with Gasteiger partial charge >= 0.3 is 5.97 Å². The van der Waals surface area contributed by atoms with Crippen LogP contribution in [0, 0.1) is 0 Å². The molecule has 12 heteroatoms. The monoisotopic (exact) mass is 440 g/mol. The van der Waals surface area contributed by atoms with Crippen LogP contribution in [0.25, 0.3) is 0 Å². The molecule has 0 fully saturated rings. The fourth-order valence-electron chi connectivity index (χ4n) is 2.50. The molecule has 1 rings (SSSR count). The number of aliphatic hydroxyl groups is 2. The van der Waals surface area contributed by atoms with E-state index in [9.17, 15) is 34.5 Å². The quantitative estimate of drug-likeness (QED) is 0.178. The lowest BCUT2D eigenvalue weighted by Gasteiger charge is -2.23. The first-order chi connectivity index (χ1) is 14.5. The van der Waals surface area contributed by atoms with Gasteiger partial charge in [0.25, 0.3) is 0 Å². The van der Waals surface area contributed by atoms with Crippen LogP contribution in [-0.2, 0) is 25.6 Å². The number of phenols is 1. The zero-order valence-electron chi connectivity index (χ0n) is 17.1. The van der Waals surface area contributed by atoms with Gasteiger partial charge < -0.3 is 42.1 Å². The molecule has 5 unspecified atom stereocenters. The summed E-state index contributed by atoms with van der Waals surface area (Å²) in [6, 6.07) is 0.852. The highest BCUT2D eigenvalue weighted by molar-refractivity contribution is 5.94. The van der Waals surface area contributed by atoms with Gasteiger partial charge in [-0.1, -0.05) is 12.1 Å². The van der Waals surface area contributed by atoms with Crippen LogP contribution in [0.15, 0.2) is 24.3 Å². The molecule has 0 aliphatic rings. The van der Waals surface area contributed by atoms with E-state index in [0.29, 0.717) is 5.56 Å². The van der Waals surface area contributed by atoms with Crippen LogP contribution in [0.5, 0.6) is 5.75 Å². The first-order valence-corrected chi connectivity index (χ1v) is 9.42. The number of nitrogens with two attached hydrogens (primary N) is 1. The number of rotatable bonds is 11. The molecule has 0 aliphatic carbocycles. The van der Waals surface area contributed by atoms with Gasteiger partial charge in [-0.25, -0.2) is 4.79 Å². The van der Waals surface area contributed by atoms with Crippen molar-refractivity contribution >= 4 is 23.7 Å². The maximum Gasteiger partial charge on any atom is 0.328 e. The summed E-state index contributed by atoms with van der Waals surface area (Å²) in [5.74, 6) is -3.90. The predicted molar refractivity (Wildman–Crippen MR) is 108 cm³/mol. The number of amides is 3. The number of carboxylic acid groups (broad SMARTS) is 1. The van der Waals surface area contributed by atoms with Gasteiger partial charge in [-0.3, -0.25) is 14.4 Å². The summed E-state index contributed by atoms with van der Waals surface area (Å²) in [6.45, 7) is 1.65. The Morgan fingerprint density at radius 1 is 0.968 bits per heavy atom. The van der Waals surface area contributed by atoms with E-state index < -0.39 is 60.6 Å². The molecule has 0 aromatic heterocycles. The second-order valence-electron chi connectivity index (χ2n) is 7.02. The molecule has 1 aromatic carbocycles. The molecule has 0 spiro atoms. The van der Waals surface area contributed by atoms with Crippen molar-refractivity contribution in [2.75, 3.05) is 6.61 Å². The van der Waals surface area contributed by atoms with Crippen LogP contribution < -0.4 is 21.7 Å². The van der Waals surface area contributed by atoms with Crippen molar-refractivity contribution < 1.29 is 39.6 Å². The SMILES string of the molecule is CC(NC(=O)C(N)Cc1ccc(O)cc1)C(=O)NC(CO)C(=O)NC(C(=O)O)C(C)O. The Morgan fingerprint density at radius 3 is 2.03 bits per heavy atom. The van der Waals surface area contributed by atoms with Gasteiger partial charge in [-0.2, -0.15) is 0 Å². The number of nitrogens with one attached hydrogen (secondary N) is 3. The van der Waals surface area contributed by atoms with Crippen LogP contribution in [0.1, 0.15) is 19.4 Å². The zero-order chi connectivity index (χ0) is 23.7. The van der Waals surface area contributed by atoms with E-state index in [0.717, 1.165) is 6.92 Å². The molecular weight excluding hydrogens is 412 g/mol. The smallest absolute Gasteiger partial charge is 0.328 e. The van der Waals surface area contributed by atoms with Crippen molar-refractivity contribution in [3.05, 3.63) is 29.8 Å². The molecule has 31 heavy (non-hydrogen) atoms. The number of aliphatic carboxylic acids is 1. The fraction of sp³-hybridized carbons (Fsp3) is 0.474. The summed E-state index contributed by atoms with van der Waals surface area (Å²) in [6.07, 6.45) is -1.26. The van der Waals surface area contributed by atoms with Crippen molar-refractivity contribution in [2.24, 2.45) is 5.73 Å². The number of aromatic hydroxyl groups is 1. The summed E-state index contributed by atoms with van der Waals surface area (Å²) < 4.78 is 0. The molecule has 0 saturated heterocycles. The van der Waals surface area contributed by atoms with E-state index in [1.54, 1.807) is 12.1 Å². The molecule has 0 aliphatic heterocycles. The molecule has 0 heterocycles. The Bertz CT molecular complexity index is 784. The largest absolute Gasteiger partial charge is 0.508 e. The fourth-order valence-corrected chi connectivity index (χ4v) is 2.50. The van der Waals surface area contributed by atoms with Gasteiger partial charge in [0.05, 0.1) is 18.8 Å². The topological polar surface area (TPSA) is 211 Å². The first-order valence-electron chi connectivity index (χ1n) is 9.42. The highest BCUT2D eigenvalue weighted by Gasteiger charge is 2.30. The number of carbonyl (C=O) groups excluding carboxylic acids is 3. The average Bonchev–Trinajstić information content (AvgIpc) is 2.70. The minimum absolute atomic E-state index is 0.0673. The lowest BCUT2D eigenvalue weighted by molar-refractivity contribution is -0.145. The van der Waals surface area contributed by atoms with Crippen LogP contribution in [0.3, 0.4) is 0 Å². The van der Waals surface area contributed by atoms with E-state index in [2.05, 4.69) is 10.6 Å². The second kappa shape index (κ2) is 11.8. The van der Waals surface area contributed by atoms with Crippen molar-refractivity contribution in [1.29, 1.82) is 0 Å². The predicted octanol–water partition coefficient (Wildman–Crippen LogP) is -2.81. The standard InChI is InChI=1S/C19H28N4O8/c1-9(21-17(28)13(20)7-11-3-5-12(26)6-4-11)16(27)22-14(8-24)18(29)23-15(10(2)25)19(30)31/h3-6,9-10,13-15,24-26H,7-8,20H2,1-2H3,(H,21,28)(H,22,27)(H,23,29)(H,30,31). The molecule has 0 saturated carbocycles. The lowest BCUT2D eigenvalue weighted by Crippen LogP contribution is -2.58. The minimum atomic E-state index is -1.63. The molecule has 12 nitrogen and oxygen atoms in total. The van der Waals surface area contributed by atoms with Crippen LogP contribution in [0.4, 0.5) is 0 Å². The molecule has 172 valence electrons. The Kier molecular flexibility index (Phi) is 9.86. The van der Waals surface area contributed by atoms with Gasteiger partial charge in [0.2, 0.25) is 17.7 Å². The number of carboxylic acids is 1. The number of hydrogen-bond donors (Lipinski definition) is 8. The average molecular weight is 440 g/mol. The van der Waals surface area contributed by atoms with Crippen LogP contribution >= 0.6 is 0 Å². The molecule has 1 aromatic rings. The lowest BCUT2D eigenvalue weighted by atomic mass is 10.1. The number of phenolic OH excluding ortho intramolecular Hbond substituents is 1. The van der Waals surface area contributed by atoms with Crippen molar-refractivity contribution in [2.45, 2.75) is 50.5 Å². The van der Waals surface area contributed by atoms with E-state index in [1.165, 1.54) is 19.1 Å². The summed E-state index contributed by atoms with van der Waals surface area (Å²) in [5, 5.41) is 43.6. The Balaban J connectivity index is 2.63. The summed E-state index contributed by atoms with van der Waals surface area (Å²) in [5.41, 5.74) is 6.53. The van der Waals surface area contributed by atoms with Gasteiger partial charge in [0.15, 0.2) is 6.04 Å². The third kappa shape index (κ3) is 8.20. The van der Waals surface area contributed by atoms with E-state index >= 15 is 0 Å². The maximum atomic E-state index is 12.3. The van der Waals surface area contributed by atoms with Gasteiger partial charge in [-0.15, -0.1) is 0 Å². The van der Waals surface area contributed by atoms with Crippen LogP contribution in [0.2, 0.25) is 0 Å². The number of benzene rings is 1. The number of carbonyl (C=O) groups is 4. The third-order valence-electron chi connectivity index (χ3n) is 4.34. The zero-order valence-corrected chi connectivity index (χ0v) is 17.1. The number of aliphatic hydroxyl groups excluding tert-OH is 2. The van der Waals surface area contributed by atoms with Gasteiger partial charge in [0.1, 0.15) is 17.8 Å². The molecule has 5 atom stereocenters. The molecular formula is C19H28N4O8. The normalized spacial score (nSPS) is 15.6. The summed E-state index contributed by atoms with van der Waals surface area (Å²) in [4.78, 5) is 47.7. The molecule has 0 bridgehead atoms. The first kappa shape index (κ1) is 25.8. The van der Waals surface area contributed by atoms with Crippen molar-refractivity contribution in [3.8, 4) is 5.75 Å². The summed E-state index contributed by atoms with van der Waals surface area (Å²) in [7, 11) is 0. The molecule has 3 amide bonds. The Labute approximate surface area is 178 Å². The van der Waals surface area contributed by atoms with Gasteiger partial charge in [0, 0.05) is 0 Å². The highest BCUT2D eigenvalue weighted by Crippen LogP contribution is 2.11. The summed E-state index contributed by atoms with van der Waals surface area (Å²) >= 11 is 0. The minimum Gasteiger partial charge on any atom is -0.508 e. The van der Waals surface area contributed by atoms with E-state index in [1.807, 2.05) is 5.32 Å².